The van der Waals surface area contributed by atoms with Crippen LogP contribution in [0.4, 0.5) is 4.39 Å². The number of esters is 1. The predicted octanol–water partition coefficient (Wildman–Crippen LogP) is 5.73. The summed E-state index contributed by atoms with van der Waals surface area (Å²) in [6.07, 6.45) is 1.66. The van der Waals surface area contributed by atoms with Gasteiger partial charge in [-0.3, -0.25) is 4.79 Å². The van der Waals surface area contributed by atoms with Crippen molar-refractivity contribution in [1.29, 1.82) is 0 Å². The standard InChI is InChI=1S/C23H14BrFO4/c1-13-19(29-23(27)15-3-2-4-17(25)12-15)10-9-18-21(26)20(28-22(13)18)11-14-5-7-16(24)8-6-14/h2-12H,1H3/b20-11-. The van der Waals surface area contributed by atoms with Gasteiger partial charge in [-0.25, -0.2) is 9.18 Å². The Bertz CT molecular complexity index is 1170. The maximum absolute atomic E-state index is 13.3. The van der Waals surface area contributed by atoms with Crippen LogP contribution in [0.25, 0.3) is 6.08 Å². The molecule has 1 heterocycles. The van der Waals surface area contributed by atoms with Crippen LogP contribution in [0.3, 0.4) is 0 Å². The van der Waals surface area contributed by atoms with Crippen molar-refractivity contribution in [3.05, 3.63) is 99.0 Å². The van der Waals surface area contributed by atoms with Gasteiger partial charge in [-0.2, -0.15) is 0 Å². The molecule has 3 aromatic carbocycles. The van der Waals surface area contributed by atoms with E-state index in [9.17, 15) is 14.0 Å². The third-order valence-electron chi connectivity index (χ3n) is 4.47. The smallest absolute Gasteiger partial charge is 0.343 e. The summed E-state index contributed by atoms with van der Waals surface area (Å²) < 4.78 is 25.4. The van der Waals surface area contributed by atoms with Crippen LogP contribution < -0.4 is 9.47 Å². The average Bonchev–Trinajstić information content (AvgIpc) is 3.02. The van der Waals surface area contributed by atoms with Gasteiger partial charge in [0.05, 0.1) is 11.1 Å². The van der Waals surface area contributed by atoms with Crippen LogP contribution in [0.2, 0.25) is 0 Å². The lowest BCUT2D eigenvalue weighted by atomic mass is 10.1. The molecule has 0 aliphatic carbocycles. The first-order chi connectivity index (χ1) is 13.9. The van der Waals surface area contributed by atoms with Crippen LogP contribution in [-0.4, -0.2) is 11.8 Å². The lowest BCUT2D eigenvalue weighted by molar-refractivity contribution is 0.0732. The third kappa shape index (κ3) is 3.84. The molecule has 0 N–H and O–H groups in total. The van der Waals surface area contributed by atoms with Gasteiger partial charge in [-0.15, -0.1) is 0 Å². The highest BCUT2D eigenvalue weighted by Crippen LogP contribution is 2.39. The number of ether oxygens (including phenoxy) is 2. The Labute approximate surface area is 174 Å². The predicted molar refractivity (Wildman–Crippen MR) is 110 cm³/mol. The minimum atomic E-state index is -0.692. The maximum Gasteiger partial charge on any atom is 0.343 e. The molecule has 0 radical (unpaired) electrons. The molecule has 4 rings (SSSR count). The van der Waals surface area contributed by atoms with Crippen LogP contribution in [0.5, 0.6) is 11.5 Å². The van der Waals surface area contributed by atoms with E-state index in [0.717, 1.165) is 16.1 Å². The van der Waals surface area contributed by atoms with Gasteiger partial charge in [-0.05, 0) is 61.0 Å². The Kier molecular flexibility index (Phi) is 5.03. The van der Waals surface area contributed by atoms with E-state index in [1.807, 2.05) is 24.3 Å². The molecular formula is C23H14BrFO4. The van der Waals surface area contributed by atoms with Crippen molar-refractivity contribution in [2.45, 2.75) is 6.92 Å². The zero-order valence-corrected chi connectivity index (χ0v) is 16.8. The molecule has 1 aliphatic heterocycles. The summed E-state index contributed by atoms with van der Waals surface area (Å²) in [5.74, 6) is -0.670. The Morgan fingerprint density at radius 3 is 2.59 bits per heavy atom. The molecule has 0 spiro atoms. The minimum Gasteiger partial charge on any atom is -0.452 e. The van der Waals surface area contributed by atoms with Gasteiger partial charge in [-0.1, -0.05) is 34.1 Å². The average molecular weight is 453 g/mol. The molecular weight excluding hydrogens is 439 g/mol. The number of fused-ring (bicyclic) bond motifs is 1. The number of carbonyl (C=O) groups is 2. The minimum absolute atomic E-state index is 0.0951. The lowest BCUT2D eigenvalue weighted by Gasteiger charge is -2.10. The summed E-state index contributed by atoms with van der Waals surface area (Å²) in [6.45, 7) is 1.70. The Morgan fingerprint density at radius 2 is 1.86 bits per heavy atom. The Morgan fingerprint density at radius 1 is 1.10 bits per heavy atom. The second-order valence-electron chi connectivity index (χ2n) is 6.46. The SMILES string of the molecule is Cc1c(OC(=O)c2cccc(F)c2)ccc2c1O/C(=C\c1ccc(Br)cc1)C2=O. The van der Waals surface area contributed by atoms with E-state index >= 15 is 0 Å². The molecule has 4 nitrogen and oxygen atoms in total. The van der Waals surface area contributed by atoms with Crippen molar-refractivity contribution in [2.24, 2.45) is 0 Å². The zero-order chi connectivity index (χ0) is 20.5. The molecule has 0 saturated heterocycles. The first-order valence-corrected chi connectivity index (χ1v) is 9.53. The van der Waals surface area contributed by atoms with Crippen LogP contribution in [0, 0.1) is 12.7 Å². The van der Waals surface area contributed by atoms with Crippen molar-refractivity contribution in [1.82, 2.24) is 0 Å². The first kappa shape index (κ1) is 19.1. The van der Waals surface area contributed by atoms with E-state index in [1.165, 1.54) is 24.3 Å². The molecule has 6 heteroatoms. The van der Waals surface area contributed by atoms with E-state index in [2.05, 4.69) is 15.9 Å². The number of ketones is 1. The monoisotopic (exact) mass is 452 g/mol. The molecule has 0 fully saturated rings. The van der Waals surface area contributed by atoms with E-state index in [0.29, 0.717) is 16.9 Å². The summed E-state index contributed by atoms with van der Waals surface area (Å²) in [5.41, 5.74) is 1.83. The number of hydrogen-bond acceptors (Lipinski definition) is 4. The van der Waals surface area contributed by atoms with Crippen molar-refractivity contribution in [2.75, 3.05) is 0 Å². The fraction of sp³-hybridized carbons (Fsp3) is 0.0435. The zero-order valence-electron chi connectivity index (χ0n) is 15.2. The molecule has 0 aromatic heterocycles. The third-order valence-corrected chi connectivity index (χ3v) is 5.00. The molecule has 0 amide bonds. The van der Waals surface area contributed by atoms with E-state index < -0.39 is 11.8 Å². The van der Waals surface area contributed by atoms with Gasteiger partial charge >= 0.3 is 5.97 Å². The number of allylic oxidation sites excluding steroid dienone is 1. The summed E-state index contributed by atoms with van der Waals surface area (Å²) in [6, 6.07) is 15.8. The first-order valence-electron chi connectivity index (χ1n) is 8.73. The largest absolute Gasteiger partial charge is 0.452 e. The van der Waals surface area contributed by atoms with Crippen LogP contribution in [-0.2, 0) is 0 Å². The molecule has 3 aromatic rings. The molecule has 29 heavy (non-hydrogen) atoms. The molecule has 0 atom stereocenters. The highest BCUT2D eigenvalue weighted by atomic mass is 79.9. The van der Waals surface area contributed by atoms with Gasteiger partial charge in [0.15, 0.2) is 5.76 Å². The number of Topliss-reactive ketones (excluding diaryl/α,β-unsaturated/α-hetero) is 1. The summed E-state index contributed by atoms with van der Waals surface area (Å²) in [7, 11) is 0. The lowest BCUT2D eigenvalue weighted by Crippen LogP contribution is -2.09. The van der Waals surface area contributed by atoms with Crippen LogP contribution >= 0.6 is 15.9 Å². The second kappa shape index (κ2) is 7.64. The number of rotatable bonds is 3. The topological polar surface area (TPSA) is 52.6 Å². The van der Waals surface area contributed by atoms with Crippen molar-refractivity contribution in [3.8, 4) is 11.5 Å². The molecule has 0 bridgehead atoms. The van der Waals surface area contributed by atoms with E-state index in [-0.39, 0.29) is 22.9 Å². The van der Waals surface area contributed by atoms with Crippen LogP contribution in [0.1, 0.15) is 31.8 Å². The quantitative estimate of drug-likeness (QED) is 0.289. The Hall–Kier alpha value is -3.25. The molecule has 1 aliphatic rings. The normalized spacial score (nSPS) is 13.9. The van der Waals surface area contributed by atoms with Crippen molar-refractivity contribution in [3.63, 3.8) is 0 Å². The van der Waals surface area contributed by atoms with Gasteiger partial charge in [0.1, 0.15) is 17.3 Å². The van der Waals surface area contributed by atoms with Crippen molar-refractivity contribution < 1.29 is 23.5 Å². The fourth-order valence-electron chi connectivity index (χ4n) is 2.96. The van der Waals surface area contributed by atoms with Gasteiger partial charge < -0.3 is 9.47 Å². The molecule has 0 saturated carbocycles. The van der Waals surface area contributed by atoms with Gasteiger partial charge in [0.2, 0.25) is 5.78 Å². The number of halogens is 2. The summed E-state index contributed by atoms with van der Waals surface area (Å²) in [4.78, 5) is 25.0. The highest BCUT2D eigenvalue weighted by Gasteiger charge is 2.30. The van der Waals surface area contributed by atoms with Crippen molar-refractivity contribution >= 4 is 33.8 Å². The number of benzene rings is 3. The number of carbonyl (C=O) groups excluding carboxylic acids is 2. The van der Waals surface area contributed by atoms with Crippen LogP contribution in [0.15, 0.2) is 70.9 Å². The number of hydrogen-bond donors (Lipinski definition) is 0. The Balaban J connectivity index is 1.61. The summed E-state index contributed by atoms with van der Waals surface area (Å²) in [5, 5.41) is 0. The highest BCUT2D eigenvalue weighted by molar-refractivity contribution is 9.10. The van der Waals surface area contributed by atoms with Gasteiger partial charge in [0, 0.05) is 10.0 Å². The van der Waals surface area contributed by atoms with Gasteiger partial charge in [0.25, 0.3) is 0 Å². The maximum atomic E-state index is 13.3. The van der Waals surface area contributed by atoms with E-state index in [4.69, 9.17) is 9.47 Å². The van der Waals surface area contributed by atoms with E-state index in [1.54, 1.807) is 19.1 Å². The molecule has 144 valence electrons. The fourth-order valence-corrected chi connectivity index (χ4v) is 3.23. The molecule has 0 unspecified atom stereocenters. The second-order valence-corrected chi connectivity index (χ2v) is 7.37. The summed E-state index contributed by atoms with van der Waals surface area (Å²) >= 11 is 3.37.